The van der Waals surface area contributed by atoms with Crippen molar-refractivity contribution in [1.82, 2.24) is 14.1 Å². The summed E-state index contributed by atoms with van der Waals surface area (Å²) in [6.45, 7) is 3.20. The Balaban J connectivity index is 1.15. The Morgan fingerprint density at radius 2 is 1.53 bits per heavy atom. The first-order valence-corrected chi connectivity index (χ1v) is 12.9. The quantitative estimate of drug-likeness (QED) is 0.639. The highest BCUT2D eigenvalue weighted by Crippen LogP contribution is 2.34. The van der Waals surface area contributed by atoms with Crippen LogP contribution in [-0.2, 0) is 14.8 Å². The van der Waals surface area contributed by atoms with Crippen molar-refractivity contribution in [3.8, 4) is 11.5 Å². The Hall–Kier alpha value is -3.05. The van der Waals surface area contributed by atoms with Gasteiger partial charge in [0.2, 0.25) is 15.9 Å². The molecule has 4 heterocycles. The maximum atomic E-state index is 13.1. The average molecular weight is 490 g/mol. The van der Waals surface area contributed by atoms with Gasteiger partial charge >= 0.3 is 0 Å². The third-order valence-corrected chi connectivity index (χ3v) is 8.46. The Bertz CT molecular complexity index is 1150. The maximum absolute atomic E-state index is 13.1. The van der Waals surface area contributed by atoms with Crippen molar-refractivity contribution in [3.63, 3.8) is 0 Å². The SMILES string of the molecule is O=C(c1ccco1)N1CCN(C(=O)C2CCN(S(=O)(=O)c3ccc4c(c3)OCCO4)CC2)CC1. The molecule has 0 spiro atoms. The van der Waals surface area contributed by atoms with Crippen LogP contribution in [0.2, 0.25) is 0 Å². The van der Waals surface area contributed by atoms with E-state index in [9.17, 15) is 18.0 Å². The summed E-state index contributed by atoms with van der Waals surface area (Å²) >= 11 is 0. The largest absolute Gasteiger partial charge is 0.486 e. The Labute approximate surface area is 198 Å². The third kappa shape index (κ3) is 4.37. The minimum Gasteiger partial charge on any atom is -0.486 e. The number of ether oxygens (including phenoxy) is 2. The predicted octanol–water partition coefficient (Wildman–Crippen LogP) is 1.44. The molecule has 0 saturated carbocycles. The topological polar surface area (TPSA) is 110 Å². The highest BCUT2D eigenvalue weighted by atomic mass is 32.2. The van der Waals surface area contributed by atoms with Crippen LogP contribution in [0, 0.1) is 5.92 Å². The highest BCUT2D eigenvalue weighted by molar-refractivity contribution is 7.89. The van der Waals surface area contributed by atoms with Crippen molar-refractivity contribution < 1.29 is 31.9 Å². The first-order chi connectivity index (χ1) is 16.4. The summed E-state index contributed by atoms with van der Waals surface area (Å²) in [4.78, 5) is 29.1. The normalized spacial score (nSPS) is 19.8. The van der Waals surface area contributed by atoms with Gasteiger partial charge in [-0.15, -0.1) is 0 Å². The fourth-order valence-electron chi connectivity index (χ4n) is 4.62. The van der Waals surface area contributed by atoms with Gasteiger partial charge in [0.1, 0.15) is 13.2 Å². The van der Waals surface area contributed by atoms with Gasteiger partial charge in [-0.1, -0.05) is 0 Å². The van der Waals surface area contributed by atoms with Crippen molar-refractivity contribution in [1.29, 1.82) is 0 Å². The van der Waals surface area contributed by atoms with E-state index in [1.54, 1.807) is 28.0 Å². The minimum absolute atomic E-state index is 0.0291. The van der Waals surface area contributed by atoms with Crippen LogP contribution in [0.15, 0.2) is 45.9 Å². The summed E-state index contributed by atoms with van der Waals surface area (Å²) in [5.74, 6) is 0.907. The Morgan fingerprint density at radius 1 is 0.853 bits per heavy atom. The van der Waals surface area contributed by atoms with E-state index in [4.69, 9.17) is 13.9 Å². The summed E-state index contributed by atoms with van der Waals surface area (Å²) in [7, 11) is -3.69. The second-order valence-electron chi connectivity index (χ2n) is 8.58. The highest BCUT2D eigenvalue weighted by Gasteiger charge is 2.35. The lowest BCUT2D eigenvalue weighted by molar-refractivity contribution is -0.138. The van der Waals surface area contributed by atoms with Gasteiger partial charge < -0.3 is 23.7 Å². The standard InChI is InChI=1S/C23H27N3O7S/c27-22(24-9-11-25(12-10-24)23(28)20-2-1-13-31-20)17-5-7-26(8-6-17)34(29,30)18-3-4-19-21(16-18)33-15-14-32-19/h1-4,13,16-17H,5-12,14-15H2. The van der Waals surface area contributed by atoms with Crippen molar-refractivity contribution >= 4 is 21.8 Å². The van der Waals surface area contributed by atoms with Gasteiger partial charge in [0.25, 0.3) is 5.91 Å². The van der Waals surface area contributed by atoms with E-state index in [2.05, 4.69) is 0 Å². The number of amides is 2. The number of benzene rings is 1. The second-order valence-corrected chi connectivity index (χ2v) is 10.5. The van der Waals surface area contributed by atoms with E-state index >= 15 is 0 Å². The molecule has 2 aromatic rings. The molecule has 0 atom stereocenters. The van der Waals surface area contributed by atoms with Crippen LogP contribution in [0.4, 0.5) is 0 Å². The monoisotopic (exact) mass is 489 g/mol. The molecule has 0 aliphatic carbocycles. The van der Waals surface area contributed by atoms with Gasteiger partial charge in [0, 0.05) is 51.3 Å². The van der Waals surface area contributed by atoms with Crippen LogP contribution in [-0.4, -0.2) is 86.8 Å². The fourth-order valence-corrected chi connectivity index (χ4v) is 6.11. The number of fused-ring (bicyclic) bond motifs is 1. The number of rotatable bonds is 4. The predicted molar refractivity (Wildman–Crippen MR) is 120 cm³/mol. The summed E-state index contributed by atoms with van der Waals surface area (Å²) in [6.07, 6.45) is 2.40. The molecule has 0 radical (unpaired) electrons. The van der Waals surface area contributed by atoms with Crippen molar-refractivity contribution in [2.45, 2.75) is 17.7 Å². The summed E-state index contributed by atoms with van der Waals surface area (Å²) in [5, 5.41) is 0. The summed E-state index contributed by atoms with van der Waals surface area (Å²) in [6, 6.07) is 7.96. The van der Waals surface area contributed by atoms with Crippen molar-refractivity contribution in [2.24, 2.45) is 5.92 Å². The number of furan rings is 1. The average Bonchev–Trinajstić information content (AvgIpc) is 3.43. The summed E-state index contributed by atoms with van der Waals surface area (Å²) in [5.41, 5.74) is 0. The number of carbonyl (C=O) groups excluding carboxylic acids is 2. The lowest BCUT2D eigenvalue weighted by Gasteiger charge is -2.38. The third-order valence-electron chi connectivity index (χ3n) is 6.57. The van der Waals surface area contributed by atoms with E-state index in [1.165, 1.54) is 22.7 Å². The summed E-state index contributed by atoms with van der Waals surface area (Å²) < 4.78 is 43.9. The lowest BCUT2D eigenvalue weighted by Crippen LogP contribution is -2.53. The molecular weight excluding hydrogens is 462 g/mol. The van der Waals surface area contributed by atoms with Crippen LogP contribution in [0.5, 0.6) is 11.5 Å². The molecule has 34 heavy (non-hydrogen) atoms. The second kappa shape index (κ2) is 9.30. The first-order valence-electron chi connectivity index (χ1n) is 11.4. The molecule has 1 aromatic heterocycles. The molecule has 0 bridgehead atoms. The molecule has 3 aliphatic heterocycles. The van der Waals surface area contributed by atoms with E-state index in [-0.39, 0.29) is 35.7 Å². The van der Waals surface area contributed by atoms with Crippen LogP contribution < -0.4 is 9.47 Å². The molecule has 182 valence electrons. The number of sulfonamides is 1. The number of piperidine rings is 1. The molecule has 0 unspecified atom stereocenters. The van der Waals surface area contributed by atoms with Gasteiger partial charge in [0.15, 0.2) is 17.3 Å². The number of nitrogens with zero attached hydrogens (tertiary/aromatic N) is 3. The van der Waals surface area contributed by atoms with Crippen LogP contribution in [0.1, 0.15) is 23.4 Å². The van der Waals surface area contributed by atoms with Gasteiger partial charge in [0.05, 0.1) is 11.2 Å². The van der Waals surface area contributed by atoms with Crippen molar-refractivity contribution in [3.05, 3.63) is 42.4 Å². The van der Waals surface area contributed by atoms with E-state index in [1.807, 2.05) is 0 Å². The van der Waals surface area contributed by atoms with Crippen molar-refractivity contribution in [2.75, 3.05) is 52.5 Å². The smallest absolute Gasteiger partial charge is 0.289 e. The molecule has 5 rings (SSSR count). The first kappa shape index (κ1) is 22.7. The zero-order chi connectivity index (χ0) is 23.7. The molecular formula is C23H27N3O7S. The Morgan fingerprint density at radius 3 is 2.21 bits per heavy atom. The molecule has 0 N–H and O–H groups in total. The van der Waals surface area contributed by atoms with E-state index < -0.39 is 10.0 Å². The number of hydrogen-bond donors (Lipinski definition) is 0. The van der Waals surface area contributed by atoms with Crippen LogP contribution in [0.3, 0.4) is 0 Å². The minimum atomic E-state index is -3.69. The van der Waals surface area contributed by atoms with Crippen LogP contribution >= 0.6 is 0 Å². The van der Waals surface area contributed by atoms with Gasteiger partial charge in [-0.3, -0.25) is 9.59 Å². The zero-order valence-electron chi connectivity index (χ0n) is 18.7. The number of carbonyl (C=O) groups is 2. The van der Waals surface area contributed by atoms with Gasteiger partial charge in [-0.25, -0.2) is 8.42 Å². The molecule has 2 saturated heterocycles. The van der Waals surface area contributed by atoms with Gasteiger partial charge in [-0.2, -0.15) is 4.31 Å². The van der Waals surface area contributed by atoms with E-state index in [0.717, 1.165) is 0 Å². The van der Waals surface area contributed by atoms with Crippen LogP contribution in [0.25, 0.3) is 0 Å². The lowest BCUT2D eigenvalue weighted by atomic mass is 9.96. The van der Waals surface area contributed by atoms with Gasteiger partial charge in [-0.05, 0) is 37.1 Å². The molecule has 2 fully saturated rings. The molecule has 11 heteroatoms. The molecule has 1 aromatic carbocycles. The molecule has 3 aliphatic rings. The fraction of sp³-hybridized carbons (Fsp3) is 0.478. The number of hydrogen-bond acceptors (Lipinski definition) is 7. The molecule has 10 nitrogen and oxygen atoms in total. The number of piperazine rings is 1. The van der Waals surface area contributed by atoms with E-state index in [0.29, 0.717) is 69.5 Å². The maximum Gasteiger partial charge on any atom is 0.289 e. The zero-order valence-corrected chi connectivity index (χ0v) is 19.5. The molecule has 2 amide bonds. The Kier molecular flexibility index (Phi) is 6.22.